The summed E-state index contributed by atoms with van der Waals surface area (Å²) in [6.07, 6.45) is -16.6. The molecule has 0 aromatic rings. The Bertz CT molecular complexity index is 2140. The van der Waals surface area contributed by atoms with Crippen LogP contribution < -0.4 is 21.3 Å². The van der Waals surface area contributed by atoms with Crippen molar-refractivity contribution in [3.63, 3.8) is 0 Å². The maximum atomic E-state index is 14.9. The van der Waals surface area contributed by atoms with Crippen LogP contribution in [-0.2, 0) is 104 Å². The predicted molar refractivity (Wildman–Crippen MR) is 257 cm³/mol. The Morgan fingerprint density at radius 1 is 0.416 bits per heavy atom. The van der Waals surface area contributed by atoms with E-state index in [4.69, 9.17) is 85.3 Å². The molecule has 20 atom stereocenters. The summed E-state index contributed by atoms with van der Waals surface area (Å²) in [6.45, 7) is 18.9. The van der Waals surface area contributed by atoms with Gasteiger partial charge in [0, 0.05) is 47.7 Å². The third kappa shape index (κ3) is 13.5. The highest BCUT2D eigenvalue weighted by Gasteiger charge is 2.62. The fraction of sp³-hybridized carbons (Fsp3) is 0.900. The summed E-state index contributed by atoms with van der Waals surface area (Å²) in [6, 6.07) is -4.53. The Kier molecular flexibility index (Phi) is 17.7. The molecule has 0 aromatic carbocycles. The maximum absolute atomic E-state index is 14.9. The van der Waals surface area contributed by atoms with Crippen molar-refractivity contribution < 1.29 is 109 Å². The predicted octanol–water partition coefficient (Wildman–Crippen LogP) is 0.633. The number of esters is 1. The summed E-state index contributed by atoms with van der Waals surface area (Å²) >= 11 is 0. The molecule has 0 radical (unpaired) electrons. The van der Waals surface area contributed by atoms with Gasteiger partial charge in [-0.3, -0.25) is 19.2 Å². The summed E-state index contributed by atoms with van der Waals surface area (Å²) in [7, 11) is 7.00. The quantitative estimate of drug-likeness (QED) is 0.122. The molecule has 8 fully saturated rings. The van der Waals surface area contributed by atoms with E-state index < -0.39 is 200 Å². The van der Waals surface area contributed by atoms with Crippen molar-refractivity contribution in [3.8, 4) is 0 Å². The van der Waals surface area contributed by atoms with E-state index in [1.54, 1.807) is 76.2 Å². The zero-order chi connectivity index (χ0) is 56.3. The van der Waals surface area contributed by atoms with Gasteiger partial charge in [-0.15, -0.1) is 0 Å². The average Bonchev–Trinajstić information content (AvgIpc) is 4.23. The smallest absolute Gasteiger partial charge is 0.407 e. The highest BCUT2D eigenvalue weighted by Crippen LogP contribution is 2.44. The topological polar surface area (TPSA) is 300 Å². The van der Waals surface area contributed by atoms with Gasteiger partial charge in [-0.05, 0) is 76.2 Å². The second-order valence-electron chi connectivity index (χ2n) is 23.2. The van der Waals surface area contributed by atoms with E-state index in [0.29, 0.717) is 0 Å². The molecule has 8 heterocycles. The first-order valence-electron chi connectivity index (χ1n) is 26.1. The van der Waals surface area contributed by atoms with Gasteiger partial charge in [0.1, 0.15) is 78.8 Å². The highest BCUT2D eigenvalue weighted by atomic mass is 16.9. The zero-order valence-electron chi connectivity index (χ0n) is 46.8. The first kappa shape index (κ1) is 59.6. The van der Waals surface area contributed by atoms with E-state index in [-0.39, 0.29) is 6.42 Å². The number of methoxy groups -OCH3 is 5. The van der Waals surface area contributed by atoms with Gasteiger partial charge in [0.05, 0.1) is 37.7 Å². The van der Waals surface area contributed by atoms with Gasteiger partial charge < -0.3 is 107 Å². The minimum atomic E-state index is -1.20. The van der Waals surface area contributed by atoms with E-state index in [2.05, 4.69) is 21.3 Å². The number of fused-ring (bicyclic) bond motifs is 4. The molecule has 4 unspecified atom stereocenters. The fourth-order valence-electron chi connectivity index (χ4n) is 11.5. The molecule has 438 valence electrons. The van der Waals surface area contributed by atoms with Crippen LogP contribution in [0.1, 0.15) is 102 Å². The van der Waals surface area contributed by atoms with Gasteiger partial charge in [0.15, 0.2) is 48.3 Å². The Morgan fingerprint density at radius 2 is 0.675 bits per heavy atom. The van der Waals surface area contributed by atoms with Crippen LogP contribution in [0.5, 0.6) is 0 Å². The van der Waals surface area contributed by atoms with Crippen LogP contribution in [-0.4, -0.2) is 217 Å². The number of hydrogen-bond acceptors (Lipinski definition) is 23. The Labute approximate surface area is 448 Å². The molecule has 8 rings (SSSR count). The highest BCUT2D eigenvalue weighted by molar-refractivity contribution is 5.83. The molecule has 0 aromatic heterocycles. The molecule has 0 aliphatic carbocycles. The molecule has 4 amide bonds. The fourth-order valence-corrected chi connectivity index (χ4v) is 11.5. The lowest BCUT2D eigenvalue weighted by atomic mass is 9.96. The molecule has 4 N–H and O–H groups in total. The first-order valence-corrected chi connectivity index (χ1v) is 26.1. The lowest BCUT2D eigenvalue weighted by molar-refractivity contribution is -0.221. The second-order valence-corrected chi connectivity index (χ2v) is 23.2. The normalized spacial score (nSPS) is 38.4. The van der Waals surface area contributed by atoms with Crippen LogP contribution in [0.2, 0.25) is 0 Å². The van der Waals surface area contributed by atoms with Gasteiger partial charge in [-0.25, -0.2) is 4.79 Å². The summed E-state index contributed by atoms with van der Waals surface area (Å²) < 4.78 is 108. The molecule has 27 heteroatoms. The standard InChI is InChI=1S/C50H80N4O23/c1-46(2,3)77-45(59)54-23(31-35(63-15)39-43(67-31)75-49(8,9)71-39)19-27(57)52-21(29-33(61-13)37-41(65-29)73-47(4,5)69-37)17-25(55)51-22(30-34(62-14)38-42(66-30)74-48(6,7)70-38)18-26(56)53-24(20-28(58)60-12)32-36(64-16)40-44(68-32)76-50(10,11)72-40/h21-24,29-44H,17-20H2,1-16H3,(H,51,55)(H,52,57)(H,53,56)(H,54,59)/t21?,22?,23?,24?,29-,30-,31+,32+,33+,34+,35+,36+,37-,38-,39-,40-,41-,42-,43-,44-/m1/s1. The number of hydrogen-bond donors (Lipinski definition) is 4. The Balaban J connectivity index is 1.05. The summed E-state index contributed by atoms with van der Waals surface area (Å²) in [4.78, 5) is 70.4. The van der Waals surface area contributed by atoms with E-state index in [0.717, 1.165) is 0 Å². The molecule has 8 saturated heterocycles. The largest absolute Gasteiger partial charge is 0.469 e. The number of ether oxygens (including phenoxy) is 18. The van der Waals surface area contributed by atoms with Crippen LogP contribution in [0.3, 0.4) is 0 Å². The molecule has 27 nitrogen and oxygen atoms in total. The number of rotatable bonds is 20. The molecule has 77 heavy (non-hydrogen) atoms. The SMILES string of the molecule is COC(=O)CC(NC(=O)CC(NC(=O)CC(NC(=O)CC(NC(=O)OC(C)(C)C)[C@@H]1O[C@@H]2OC(C)(C)O[C@@H]2[C@H]1OC)[C@H]1O[C@@H]2OC(C)(C)O[C@@H]2[C@H]1OC)[C@H]1O[C@@H]2OC(C)(C)O[C@@H]2[C@H]1OC)[C@@H]1O[C@@H]2OC(C)(C)O[C@@H]2[C@H]1OC. The van der Waals surface area contributed by atoms with Crippen molar-refractivity contribution in [2.24, 2.45) is 0 Å². The molecule has 0 bridgehead atoms. The van der Waals surface area contributed by atoms with Crippen molar-refractivity contribution in [3.05, 3.63) is 0 Å². The van der Waals surface area contributed by atoms with Crippen LogP contribution in [0.25, 0.3) is 0 Å². The lowest BCUT2D eigenvalue weighted by Gasteiger charge is -2.34. The van der Waals surface area contributed by atoms with E-state index in [1.807, 2.05) is 0 Å². The molecule has 0 spiro atoms. The second kappa shape index (κ2) is 22.8. The minimum Gasteiger partial charge on any atom is -0.469 e. The summed E-state index contributed by atoms with van der Waals surface area (Å²) in [5.74, 6) is -6.75. The van der Waals surface area contributed by atoms with Gasteiger partial charge >= 0.3 is 12.1 Å². The van der Waals surface area contributed by atoms with E-state index in [9.17, 15) is 24.0 Å². The molecular weight excluding hydrogens is 1020 g/mol. The number of carbonyl (C=O) groups is 5. The van der Waals surface area contributed by atoms with Crippen molar-refractivity contribution in [2.75, 3.05) is 35.5 Å². The third-order valence-electron chi connectivity index (χ3n) is 14.4. The van der Waals surface area contributed by atoms with Crippen LogP contribution in [0.15, 0.2) is 0 Å². The third-order valence-corrected chi connectivity index (χ3v) is 14.4. The van der Waals surface area contributed by atoms with Gasteiger partial charge in [-0.2, -0.15) is 0 Å². The van der Waals surface area contributed by atoms with Gasteiger partial charge in [0.25, 0.3) is 0 Å². The summed E-state index contributed by atoms with van der Waals surface area (Å²) in [5.41, 5.74) is -0.907. The number of alkyl carbamates (subject to hydrolysis) is 1. The molecular formula is C50H80N4O23. The maximum Gasteiger partial charge on any atom is 0.407 e. The minimum absolute atomic E-state index is 0.335. The first-order chi connectivity index (χ1) is 36.0. The van der Waals surface area contributed by atoms with Crippen molar-refractivity contribution in [1.29, 1.82) is 0 Å². The molecule has 8 aliphatic heterocycles. The van der Waals surface area contributed by atoms with Crippen LogP contribution in [0, 0.1) is 0 Å². The van der Waals surface area contributed by atoms with Crippen LogP contribution >= 0.6 is 0 Å². The van der Waals surface area contributed by atoms with Gasteiger partial charge in [-0.1, -0.05) is 0 Å². The monoisotopic (exact) mass is 1100 g/mol. The number of amides is 4. The van der Waals surface area contributed by atoms with E-state index in [1.165, 1.54) is 35.5 Å². The molecule has 0 saturated carbocycles. The lowest BCUT2D eigenvalue weighted by Crippen LogP contribution is -2.57. The summed E-state index contributed by atoms with van der Waals surface area (Å²) in [5, 5.41) is 11.6. The zero-order valence-corrected chi connectivity index (χ0v) is 46.8. The Hall–Kier alpha value is -3.49. The average molecular weight is 1110 g/mol. The Morgan fingerprint density at radius 3 is 0.922 bits per heavy atom. The van der Waals surface area contributed by atoms with E-state index >= 15 is 0 Å². The molecule has 8 aliphatic rings. The van der Waals surface area contributed by atoms with Gasteiger partial charge in [0.2, 0.25) is 17.7 Å². The van der Waals surface area contributed by atoms with Crippen LogP contribution in [0.4, 0.5) is 4.79 Å². The van der Waals surface area contributed by atoms with Crippen molar-refractivity contribution >= 4 is 29.8 Å². The number of nitrogens with one attached hydrogen (secondary N) is 4. The van der Waals surface area contributed by atoms with Crippen molar-refractivity contribution in [1.82, 2.24) is 21.3 Å². The van der Waals surface area contributed by atoms with Crippen molar-refractivity contribution in [2.45, 2.75) is 253 Å². The number of carbonyl (C=O) groups excluding carboxylic acids is 5.